The number of thioether (sulfide) groups is 1. The van der Waals surface area contributed by atoms with Gasteiger partial charge in [-0.15, -0.1) is 23.1 Å². The Labute approximate surface area is 133 Å². The highest BCUT2D eigenvalue weighted by atomic mass is 32.2. The number of thiophene rings is 1. The second-order valence-electron chi connectivity index (χ2n) is 4.81. The van der Waals surface area contributed by atoms with E-state index in [2.05, 4.69) is 5.32 Å². The highest BCUT2D eigenvalue weighted by molar-refractivity contribution is 8.00. The van der Waals surface area contributed by atoms with Crippen molar-refractivity contribution in [1.82, 2.24) is 10.2 Å². The number of aliphatic carboxylic acids is 1. The van der Waals surface area contributed by atoms with Crippen LogP contribution in [0.1, 0.15) is 4.88 Å². The summed E-state index contributed by atoms with van der Waals surface area (Å²) in [6.07, 6.45) is 0.186. The van der Waals surface area contributed by atoms with E-state index in [0.29, 0.717) is 0 Å². The van der Waals surface area contributed by atoms with Gasteiger partial charge in [-0.2, -0.15) is 0 Å². The molecule has 0 spiro atoms. The Bertz CT molecular complexity index is 670. The minimum Gasteiger partial charge on any atom is -0.509 e. The van der Waals surface area contributed by atoms with E-state index in [1.54, 1.807) is 0 Å². The minimum absolute atomic E-state index is 0.105. The molecule has 2 amide bonds. The number of hydrogen-bond acceptors (Lipinski definition) is 6. The van der Waals surface area contributed by atoms with Crippen molar-refractivity contribution in [2.75, 3.05) is 5.75 Å². The molecular formula is C13H12N2O5S2. The van der Waals surface area contributed by atoms with Gasteiger partial charge in [-0.3, -0.25) is 14.5 Å². The van der Waals surface area contributed by atoms with Gasteiger partial charge in [-0.05, 0) is 11.4 Å². The number of carbonyl (C=O) groups excluding carboxylic acids is 2. The summed E-state index contributed by atoms with van der Waals surface area (Å²) < 4.78 is 0. The van der Waals surface area contributed by atoms with Crippen molar-refractivity contribution in [2.45, 2.75) is 17.8 Å². The molecule has 3 heterocycles. The maximum absolute atomic E-state index is 12.1. The predicted molar refractivity (Wildman–Crippen MR) is 80.3 cm³/mol. The largest absolute Gasteiger partial charge is 0.509 e. The van der Waals surface area contributed by atoms with Crippen molar-refractivity contribution >= 4 is 40.9 Å². The molecule has 3 rings (SSSR count). The van der Waals surface area contributed by atoms with Gasteiger partial charge in [-0.1, -0.05) is 6.07 Å². The van der Waals surface area contributed by atoms with E-state index in [1.807, 2.05) is 17.5 Å². The molecule has 2 aliphatic heterocycles. The fourth-order valence-corrected chi connectivity index (χ4v) is 4.30. The summed E-state index contributed by atoms with van der Waals surface area (Å²) in [4.78, 5) is 37.1. The van der Waals surface area contributed by atoms with Crippen LogP contribution in [0.15, 0.2) is 29.0 Å². The number of nitrogens with zero attached hydrogens (tertiary/aromatic N) is 1. The van der Waals surface area contributed by atoms with Crippen molar-refractivity contribution in [2.24, 2.45) is 0 Å². The van der Waals surface area contributed by atoms with Gasteiger partial charge in [0.25, 0.3) is 5.91 Å². The monoisotopic (exact) mass is 340 g/mol. The first kappa shape index (κ1) is 14.9. The number of β-lactam (4-membered cyclic amide) rings is 1. The molecule has 2 aliphatic rings. The quantitative estimate of drug-likeness (QED) is 0.691. The molecule has 0 aromatic carbocycles. The topological polar surface area (TPSA) is 107 Å². The summed E-state index contributed by atoms with van der Waals surface area (Å²) in [5.41, 5.74) is -0.391. The zero-order chi connectivity index (χ0) is 15.9. The normalized spacial score (nSPS) is 23.8. The summed E-state index contributed by atoms with van der Waals surface area (Å²) in [5, 5.41) is 22.7. The molecule has 1 aromatic rings. The minimum atomic E-state index is -1.35. The van der Waals surface area contributed by atoms with Crippen LogP contribution in [0.4, 0.5) is 0 Å². The van der Waals surface area contributed by atoms with Gasteiger partial charge in [0.15, 0.2) is 5.70 Å². The molecule has 116 valence electrons. The summed E-state index contributed by atoms with van der Waals surface area (Å²) >= 11 is 2.68. The molecule has 1 aromatic heterocycles. The van der Waals surface area contributed by atoms with Crippen LogP contribution in [0.5, 0.6) is 0 Å². The number of carboxylic acids is 1. The van der Waals surface area contributed by atoms with Crippen molar-refractivity contribution < 1.29 is 24.6 Å². The molecule has 0 saturated carbocycles. The molecule has 3 N–H and O–H groups in total. The van der Waals surface area contributed by atoms with E-state index in [1.165, 1.54) is 23.1 Å². The molecule has 0 bridgehead atoms. The lowest BCUT2D eigenvalue weighted by molar-refractivity contribution is -0.151. The van der Waals surface area contributed by atoms with Gasteiger partial charge in [-0.25, -0.2) is 4.79 Å². The van der Waals surface area contributed by atoms with Gasteiger partial charge < -0.3 is 15.5 Å². The molecule has 1 fully saturated rings. The van der Waals surface area contributed by atoms with Gasteiger partial charge in [0.05, 0.1) is 12.2 Å². The van der Waals surface area contributed by atoms with E-state index >= 15 is 0 Å². The van der Waals surface area contributed by atoms with Crippen LogP contribution in [0.3, 0.4) is 0 Å². The average molecular weight is 340 g/mol. The van der Waals surface area contributed by atoms with Gasteiger partial charge in [0.2, 0.25) is 5.91 Å². The average Bonchev–Trinajstić information content (AvgIpc) is 2.97. The zero-order valence-electron chi connectivity index (χ0n) is 11.2. The molecule has 9 heteroatoms. The van der Waals surface area contributed by atoms with Crippen LogP contribution in [0.2, 0.25) is 0 Å². The second-order valence-corrected chi connectivity index (χ2v) is 6.95. The first-order valence-corrected chi connectivity index (χ1v) is 8.33. The van der Waals surface area contributed by atoms with E-state index in [9.17, 15) is 19.5 Å². The van der Waals surface area contributed by atoms with Crippen LogP contribution >= 0.6 is 23.1 Å². The number of carbonyl (C=O) groups is 3. The van der Waals surface area contributed by atoms with Crippen molar-refractivity contribution in [1.29, 1.82) is 0 Å². The second kappa shape index (κ2) is 5.65. The lowest BCUT2D eigenvalue weighted by Gasteiger charge is -2.48. The Balaban J connectivity index is 1.68. The van der Waals surface area contributed by atoms with Crippen LogP contribution in [-0.4, -0.2) is 50.1 Å². The first-order valence-electron chi connectivity index (χ1n) is 6.41. The fourth-order valence-electron chi connectivity index (χ4n) is 2.40. The highest BCUT2D eigenvalue weighted by Gasteiger charge is 2.54. The van der Waals surface area contributed by atoms with Gasteiger partial charge in [0, 0.05) is 4.88 Å². The molecule has 0 radical (unpaired) electrons. The molecular weight excluding hydrogens is 328 g/mol. The SMILES string of the molecule is O=C(Cc1cccs1)NC1C(=O)N2C(C(=O)O)=C(O)CS[C@H]12. The summed E-state index contributed by atoms with van der Waals surface area (Å²) in [6, 6.07) is 2.92. The van der Waals surface area contributed by atoms with E-state index in [4.69, 9.17) is 5.11 Å². The number of hydrogen-bond donors (Lipinski definition) is 3. The Kier molecular flexibility index (Phi) is 3.83. The Morgan fingerprint density at radius 2 is 2.23 bits per heavy atom. The molecule has 7 nitrogen and oxygen atoms in total. The van der Waals surface area contributed by atoms with E-state index in [0.717, 1.165) is 9.78 Å². The van der Waals surface area contributed by atoms with Crippen LogP contribution < -0.4 is 5.32 Å². The summed E-state index contributed by atoms with van der Waals surface area (Å²) in [6.45, 7) is 0. The molecule has 22 heavy (non-hydrogen) atoms. The standard InChI is InChI=1S/C13H12N2O5S2/c16-7-5-22-12-9(11(18)15(12)10(7)13(19)20)14-8(17)4-6-2-1-3-21-6/h1-3,9,12,16H,4-5H2,(H,14,17)(H,19,20)/t9?,12-/m1/s1. The molecule has 1 unspecified atom stereocenters. The summed E-state index contributed by atoms with van der Waals surface area (Å²) in [5.74, 6) is -2.37. The number of aliphatic hydroxyl groups excluding tert-OH is 1. The molecule has 1 saturated heterocycles. The Hall–Kier alpha value is -2.00. The van der Waals surface area contributed by atoms with Gasteiger partial charge >= 0.3 is 5.97 Å². The fraction of sp³-hybridized carbons (Fsp3) is 0.308. The molecule has 0 aliphatic carbocycles. The first-order chi connectivity index (χ1) is 10.5. The van der Waals surface area contributed by atoms with Crippen molar-refractivity contribution in [3.8, 4) is 0 Å². The maximum atomic E-state index is 12.1. The van der Waals surface area contributed by atoms with Crippen molar-refractivity contribution in [3.63, 3.8) is 0 Å². The lowest BCUT2D eigenvalue weighted by Crippen LogP contribution is -2.70. The number of fused-ring (bicyclic) bond motifs is 1. The maximum Gasteiger partial charge on any atom is 0.356 e. The summed E-state index contributed by atoms with van der Waals surface area (Å²) in [7, 11) is 0. The van der Waals surface area contributed by atoms with E-state index < -0.39 is 29.0 Å². The Morgan fingerprint density at radius 3 is 2.86 bits per heavy atom. The third kappa shape index (κ3) is 2.46. The predicted octanol–water partition coefficient (Wildman–Crippen LogP) is 0.545. The smallest absolute Gasteiger partial charge is 0.356 e. The molecule has 2 atom stereocenters. The zero-order valence-corrected chi connectivity index (χ0v) is 12.8. The highest BCUT2D eigenvalue weighted by Crippen LogP contribution is 2.39. The van der Waals surface area contributed by atoms with Crippen LogP contribution in [0, 0.1) is 0 Å². The third-order valence-electron chi connectivity index (χ3n) is 3.38. The number of nitrogens with one attached hydrogen (secondary N) is 1. The lowest BCUT2D eigenvalue weighted by atomic mass is 10.0. The van der Waals surface area contributed by atoms with Crippen LogP contribution in [0.25, 0.3) is 0 Å². The number of aliphatic hydroxyl groups is 1. The van der Waals surface area contributed by atoms with Crippen molar-refractivity contribution in [3.05, 3.63) is 33.8 Å². The van der Waals surface area contributed by atoms with E-state index in [-0.39, 0.29) is 23.8 Å². The number of amides is 2. The van der Waals surface area contributed by atoms with Crippen LogP contribution in [-0.2, 0) is 20.8 Å². The number of rotatable bonds is 4. The van der Waals surface area contributed by atoms with Gasteiger partial charge in [0.1, 0.15) is 17.2 Å². The Morgan fingerprint density at radius 1 is 1.45 bits per heavy atom. The number of carboxylic acid groups (broad SMARTS) is 1. The third-order valence-corrected chi connectivity index (χ3v) is 5.52.